The molecule has 28 heavy (non-hydrogen) atoms. The van der Waals surface area contributed by atoms with Gasteiger partial charge < -0.3 is 19.6 Å². The van der Waals surface area contributed by atoms with Crippen molar-refractivity contribution < 1.29 is 18.0 Å². The Hall–Kier alpha value is -1.46. The second kappa shape index (κ2) is 8.50. The highest BCUT2D eigenvalue weighted by Crippen LogP contribution is 2.34. The Morgan fingerprint density at radius 1 is 1.11 bits per heavy atom. The van der Waals surface area contributed by atoms with E-state index in [0.29, 0.717) is 43.6 Å². The summed E-state index contributed by atoms with van der Waals surface area (Å²) in [5.41, 5.74) is 0. The maximum atomic E-state index is 13.0. The molecule has 0 spiro atoms. The molecule has 11 heteroatoms. The number of anilines is 1. The molecule has 2 saturated heterocycles. The van der Waals surface area contributed by atoms with Crippen LogP contribution in [0.5, 0.6) is 0 Å². The van der Waals surface area contributed by atoms with Crippen LogP contribution < -0.4 is 4.90 Å². The van der Waals surface area contributed by atoms with Gasteiger partial charge in [-0.15, -0.1) is 10.2 Å². The molecule has 2 aliphatic heterocycles. The van der Waals surface area contributed by atoms with E-state index >= 15 is 0 Å². The fourth-order valence-electron chi connectivity index (χ4n) is 3.84. The van der Waals surface area contributed by atoms with Crippen molar-refractivity contribution in [2.75, 3.05) is 65.3 Å². The average molecular weight is 421 g/mol. The number of amides is 1. The van der Waals surface area contributed by atoms with Gasteiger partial charge in [0.2, 0.25) is 16.0 Å². The molecular weight excluding hydrogens is 393 g/mol. The molecule has 2 aliphatic rings. The second-order valence-electron chi connectivity index (χ2n) is 7.81. The molecule has 0 bridgehead atoms. The van der Waals surface area contributed by atoms with E-state index in [2.05, 4.69) is 34.1 Å². The lowest BCUT2D eigenvalue weighted by molar-refractivity contribution is -0.138. The number of nitrogens with zero attached hydrogens (tertiary/aromatic N) is 6. The number of hydrogen-bond acceptors (Lipinski definition) is 7. The van der Waals surface area contributed by atoms with Crippen molar-refractivity contribution in [2.24, 2.45) is 5.92 Å². The van der Waals surface area contributed by atoms with Gasteiger partial charge in [-0.25, -0.2) is 0 Å². The number of rotatable bonds is 3. The predicted octanol–water partition coefficient (Wildman–Crippen LogP) is 1.48. The monoisotopic (exact) mass is 420 g/mol. The van der Waals surface area contributed by atoms with Crippen LogP contribution in [0, 0.1) is 5.92 Å². The van der Waals surface area contributed by atoms with Gasteiger partial charge in [0.25, 0.3) is 0 Å². The van der Waals surface area contributed by atoms with Gasteiger partial charge in [-0.2, -0.15) is 13.2 Å². The summed E-state index contributed by atoms with van der Waals surface area (Å²) < 4.78 is 38.1. The number of hydrogen-bond donors (Lipinski definition) is 0. The standard InChI is InChI=1S/C17H27F3N6OS/c1-23(2)13-5-4-12(10-24(3)11-13)14(27)25-6-8-26(9-7-25)16-22-21-15(28-16)17(18,19)20/h12-13H,4-11H2,1-3H3/t12-,13+/m1/s1. The molecule has 0 N–H and O–H groups in total. The van der Waals surface area contributed by atoms with Crippen molar-refractivity contribution >= 4 is 22.4 Å². The zero-order chi connectivity index (χ0) is 20.5. The summed E-state index contributed by atoms with van der Waals surface area (Å²) in [5, 5.41) is 6.25. The van der Waals surface area contributed by atoms with E-state index < -0.39 is 11.2 Å². The van der Waals surface area contributed by atoms with Gasteiger partial charge in [0, 0.05) is 45.3 Å². The summed E-state index contributed by atoms with van der Waals surface area (Å²) in [7, 11) is 6.18. The van der Waals surface area contributed by atoms with Crippen molar-refractivity contribution in [1.82, 2.24) is 24.9 Å². The molecule has 1 amide bonds. The third-order valence-electron chi connectivity index (χ3n) is 5.50. The molecular formula is C17H27F3N6OS. The van der Waals surface area contributed by atoms with Gasteiger partial charge in [0.1, 0.15) is 0 Å². The number of carbonyl (C=O) groups excluding carboxylic acids is 1. The minimum Gasteiger partial charge on any atom is -0.343 e. The van der Waals surface area contributed by atoms with Crippen LogP contribution in [0.1, 0.15) is 17.8 Å². The average Bonchev–Trinajstić information content (AvgIpc) is 3.05. The quantitative estimate of drug-likeness (QED) is 0.739. The van der Waals surface area contributed by atoms with Gasteiger partial charge in [-0.05, 0) is 34.0 Å². The van der Waals surface area contributed by atoms with Gasteiger partial charge in [-0.3, -0.25) is 4.79 Å². The first-order valence-electron chi connectivity index (χ1n) is 9.44. The molecule has 2 atom stereocenters. The summed E-state index contributed by atoms with van der Waals surface area (Å²) in [4.78, 5) is 21.0. The summed E-state index contributed by atoms with van der Waals surface area (Å²) in [6.45, 7) is 3.63. The summed E-state index contributed by atoms with van der Waals surface area (Å²) in [6.07, 6.45) is -2.63. The highest BCUT2D eigenvalue weighted by atomic mass is 32.1. The molecule has 2 fully saturated rings. The Labute approximate surface area is 167 Å². The molecule has 0 unspecified atom stereocenters. The van der Waals surface area contributed by atoms with Crippen LogP contribution >= 0.6 is 11.3 Å². The van der Waals surface area contributed by atoms with Crippen molar-refractivity contribution in [1.29, 1.82) is 0 Å². The molecule has 0 radical (unpaired) electrons. The van der Waals surface area contributed by atoms with E-state index in [-0.39, 0.29) is 17.0 Å². The lowest BCUT2D eigenvalue weighted by atomic mass is 9.99. The zero-order valence-electron chi connectivity index (χ0n) is 16.4. The molecule has 1 aromatic heterocycles. The number of likely N-dealkylation sites (N-methyl/N-ethyl adjacent to an activating group) is 2. The zero-order valence-corrected chi connectivity index (χ0v) is 17.3. The first-order chi connectivity index (χ1) is 13.1. The summed E-state index contributed by atoms with van der Waals surface area (Å²) in [6, 6.07) is 0.444. The van der Waals surface area contributed by atoms with Crippen molar-refractivity contribution in [3.05, 3.63) is 5.01 Å². The maximum absolute atomic E-state index is 13.0. The molecule has 1 aromatic rings. The van der Waals surface area contributed by atoms with E-state index in [0.717, 1.165) is 25.9 Å². The Balaban J connectivity index is 1.55. The largest absolute Gasteiger partial charge is 0.445 e. The number of likely N-dealkylation sites (tertiary alicyclic amines) is 1. The lowest BCUT2D eigenvalue weighted by Crippen LogP contribution is -2.51. The fourth-order valence-corrected chi connectivity index (χ4v) is 4.61. The molecule has 7 nitrogen and oxygen atoms in total. The SMILES string of the molecule is CN1C[C@H](C(=O)N2CCN(c3nnc(C(F)(F)F)s3)CC2)CC[C@H](N(C)C)C1. The van der Waals surface area contributed by atoms with Crippen LogP contribution in [0.4, 0.5) is 18.3 Å². The van der Waals surface area contributed by atoms with Crippen LogP contribution in [0.3, 0.4) is 0 Å². The van der Waals surface area contributed by atoms with Crippen LogP contribution in [0.15, 0.2) is 0 Å². The van der Waals surface area contributed by atoms with Crippen LogP contribution in [0.25, 0.3) is 0 Å². The number of aromatic nitrogens is 2. The summed E-state index contributed by atoms with van der Waals surface area (Å²) in [5.74, 6) is 0.124. The highest BCUT2D eigenvalue weighted by molar-refractivity contribution is 7.15. The molecule has 158 valence electrons. The number of halogens is 3. The Morgan fingerprint density at radius 3 is 2.36 bits per heavy atom. The highest BCUT2D eigenvalue weighted by Gasteiger charge is 2.37. The first-order valence-corrected chi connectivity index (χ1v) is 10.3. The lowest BCUT2D eigenvalue weighted by Gasteiger charge is -2.36. The smallest absolute Gasteiger partial charge is 0.343 e. The minimum absolute atomic E-state index is 0.0279. The first kappa shape index (κ1) is 21.3. The van der Waals surface area contributed by atoms with E-state index in [4.69, 9.17) is 0 Å². The molecule has 3 rings (SSSR count). The number of alkyl halides is 3. The third kappa shape index (κ3) is 4.93. The van der Waals surface area contributed by atoms with Gasteiger partial charge >= 0.3 is 6.18 Å². The summed E-state index contributed by atoms with van der Waals surface area (Å²) >= 11 is 0.554. The van der Waals surface area contributed by atoms with E-state index in [9.17, 15) is 18.0 Å². The topological polar surface area (TPSA) is 55.8 Å². The second-order valence-corrected chi connectivity index (χ2v) is 8.77. The Kier molecular flexibility index (Phi) is 6.45. The molecule has 0 aromatic carbocycles. The normalized spacial score (nSPS) is 25.2. The van der Waals surface area contributed by atoms with Crippen molar-refractivity contribution in [2.45, 2.75) is 25.1 Å². The van der Waals surface area contributed by atoms with Gasteiger partial charge in [0.05, 0.1) is 5.92 Å². The molecule has 3 heterocycles. The predicted molar refractivity (Wildman–Crippen MR) is 101 cm³/mol. The fraction of sp³-hybridized carbons (Fsp3) is 0.824. The van der Waals surface area contributed by atoms with Crippen LogP contribution in [0.2, 0.25) is 0 Å². The maximum Gasteiger partial charge on any atom is 0.445 e. The van der Waals surface area contributed by atoms with E-state index in [1.807, 2.05) is 11.9 Å². The van der Waals surface area contributed by atoms with Crippen molar-refractivity contribution in [3.8, 4) is 0 Å². The van der Waals surface area contributed by atoms with Gasteiger partial charge in [0.15, 0.2) is 0 Å². The third-order valence-corrected chi connectivity index (χ3v) is 6.53. The minimum atomic E-state index is -4.47. The van der Waals surface area contributed by atoms with Crippen molar-refractivity contribution in [3.63, 3.8) is 0 Å². The number of piperazine rings is 1. The Morgan fingerprint density at radius 2 is 1.79 bits per heavy atom. The van der Waals surface area contributed by atoms with Crippen LogP contribution in [-0.2, 0) is 11.0 Å². The Bertz CT molecular complexity index is 674. The van der Waals surface area contributed by atoms with E-state index in [1.165, 1.54) is 0 Å². The molecule has 0 saturated carbocycles. The van der Waals surface area contributed by atoms with E-state index in [1.54, 1.807) is 4.90 Å². The molecule has 0 aliphatic carbocycles. The van der Waals surface area contributed by atoms with Gasteiger partial charge in [-0.1, -0.05) is 11.3 Å². The van der Waals surface area contributed by atoms with Crippen LogP contribution in [-0.4, -0.2) is 97.3 Å². The number of carbonyl (C=O) groups is 1.